The van der Waals surface area contributed by atoms with Crippen LogP contribution in [-0.4, -0.2) is 46.1 Å². The molecule has 1 heterocycles. The molecule has 4 atom stereocenters. The zero-order valence-corrected chi connectivity index (χ0v) is 16.2. The molecule has 0 radical (unpaired) electrons. The zero-order chi connectivity index (χ0) is 17.9. The van der Waals surface area contributed by atoms with Crippen LogP contribution < -0.4 is 0 Å². The highest BCUT2D eigenvalue weighted by Gasteiger charge is 2.59. The van der Waals surface area contributed by atoms with E-state index in [1.54, 1.807) is 19.3 Å². The molecule has 1 rings (SSSR count). The van der Waals surface area contributed by atoms with Crippen LogP contribution >= 0.6 is 0 Å². The summed E-state index contributed by atoms with van der Waals surface area (Å²) < 4.78 is 23.9. The van der Waals surface area contributed by atoms with Gasteiger partial charge in [-0.25, -0.2) is 0 Å². The van der Waals surface area contributed by atoms with E-state index in [9.17, 15) is 0 Å². The SMILES string of the molecule is C#C[C@@]1(OCC=C)[C@@H](C=C)O[C@H](OC)[C@@H]1O[Si](C)(C)C(C)(C)C. The average molecular weight is 339 g/mol. The van der Waals surface area contributed by atoms with Gasteiger partial charge in [0.15, 0.2) is 20.2 Å². The Hall–Kier alpha value is -0.903. The van der Waals surface area contributed by atoms with Crippen LogP contribution in [0.4, 0.5) is 0 Å². The molecule has 0 aromatic carbocycles. The first-order chi connectivity index (χ1) is 10.6. The highest BCUT2D eigenvalue weighted by Crippen LogP contribution is 2.44. The Morgan fingerprint density at radius 2 is 1.96 bits per heavy atom. The van der Waals surface area contributed by atoms with Gasteiger partial charge >= 0.3 is 0 Å². The number of hydrogen-bond acceptors (Lipinski definition) is 4. The average Bonchev–Trinajstić information content (AvgIpc) is 2.77. The van der Waals surface area contributed by atoms with Crippen LogP contribution in [0.5, 0.6) is 0 Å². The monoisotopic (exact) mass is 338 g/mol. The van der Waals surface area contributed by atoms with Crippen molar-refractivity contribution in [2.24, 2.45) is 0 Å². The number of rotatable bonds is 7. The maximum atomic E-state index is 6.54. The Balaban J connectivity index is 3.27. The molecule has 1 aliphatic heterocycles. The van der Waals surface area contributed by atoms with Gasteiger partial charge < -0.3 is 18.6 Å². The lowest BCUT2D eigenvalue weighted by atomic mass is 9.93. The van der Waals surface area contributed by atoms with Crippen molar-refractivity contribution < 1.29 is 18.6 Å². The quantitative estimate of drug-likeness (QED) is 0.404. The second-order valence-electron chi connectivity index (χ2n) is 7.23. The third-order valence-corrected chi connectivity index (χ3v) is 9.17. The minimum absolute atomic E-state index is 0.0241. The number of hydrogen-bond donors (Lipinski definition) is 0. The van der Waals surface area contributed by atoms with E-state index in [0.29, 0.717) is 6.61 Å². The van der Waals surface area contributed by atoms with Crippen LogP contribution in [0.3, 0.4) is 0 Å². The normalized spacial score (nSPS) is 31.6. The molecule has 0 aromatic rings. The first kappa shape index (κ1) is 20.1. The Labute approximate surface area is 142 Å². The molecular formula is C18H30O4Si. The van der Waals surface area contributed by atoms with E-state index in [2.05, 4.69) is 52.9 Å². The van der Waals surface area contributed by atoms with Gasteiger partial charge in [-0.3, -0.25) is 0 Å². The molecule has 4 nitrogen and oxygen atoms in total. The molecule has 1 fully saturated rings. The lowest BCUT2D eigenvalue weighted by Gasteiger charge is -2.42. The topological polar surface area (TPSA) is 36.9 Å². The Kier molecular flexibility index (Phi) is 6.42. The van der Waals surface area contributed by atoms with E-state index >= 15 is 0 Å². The summed E-state index contributed by atoms with van der Waals surface area (Å²) in [5.41, 5.74) is -1.08. The highest BCUT2D eigenvalue weighted by molar-refractivity contribution is 6.74. The van der Waals surface area contributed by atoms with Gasteiger partial charge in [-0.15, -0.1) is 19.6 Å². The van der Waals surface area contributed by atoms with Crippen LogP contribution in [0.1, 0.15) is 20.8 Å². The van der Waals surface area contributed by atoms with Crippen LogP contribution in [0.15, 0.2) is 25.3 Å². The summed E-state index contributed by atoms with van der Waals surface area (Å²) in [6.07, 6.45) is 7.51. The highest BCUT2D eigenvalue weighted by atomic mass is 28.4. The van der Waals surface area contributed by atoms with Crippen molar-refractivity contribution in [1.82, 2.24) is 0 Å². The van der Waals surface area contributed by atoms with Crippen molar-refractivity contribution in [3.05, 3.63) is 25.3 Å². The molecule has 0 N–H and O–H groups in total. The minimum atomic E-state index is -2.11. The van der Waals surface area contributed by atoms with Crippen molar-refractivity contribution in [2.45, 2.75) is 63.0 Å². The fourth-order valence-corrected chi connectivity index (χ4v) is 3.57. The summed E-state index contributed by atoms with van der Waals surface area (Å²) >= 11 is 0. The Bertz CT molecular complexity index is 474. The fourth-order valence-electron chi connectivity index (χ4n) is 2.30. The van der Waals surface area contributed by atoms with Gasteiger partial charge in [-0.05, 0) is 18.1 Å². The first-order valence-corrected chi connectivity index (χ1v) is 10.7. The number of ether oxygens (including phenoxy) is 3. The van der Waals surface area contributed by atoms with Crippen molar-refractivity contribution in [3.63, 3.8) is 0 Å². The van der Waals surface area contributed by atoms with Crippen LogP contribution in [-0.2, 0) is 18.6 Å². The van der Waals surface area contributed by atoms with Crippen LogP contribution in [0, 0.1) is 12.3 Å². The van der Waals surface area contributed by atoms with E-state index in [-0.39, 0.29) is 5.04 Å². The fraction of sp³-hybridized carbons (Fsp3) is 0.667. The third-order valence-electron chi connectivity index (χ3n) is 4.71. The van der Waals surface area contributed by atoms with Gasteiger partial charge in [-0.1, -0.05) is 38.8 Å². The van der Waals surface area contributed by atoms with Gasteiger partial charge in [0.25, 0.3) is 0 Å². The smallest absolute Gasteiger partial charge is 0.192 e. The van der Waals surface area contributed by atoms with Crippen LogP contribution in [0.2, 0.25) is 18.1 Å². The lowest BCUT2D eigenvalue weighted by molar-refractivity contribution is -0.140. The largest absolute Gasteiger partial charge is 0.405 e. The van der Waals surface area contributed by atoms with E-state index < -0.39 is 32.4 Å². The molecule has 130 valence electrons. The summed E-state index contributed by atoms with van der Waals surface area (Å²) in [7, 11) is -0.534. The van der Waals surface area contributed by atoms with Crippen molar-refractivity contribution in [1.29, 1.82) is 0 Å². The second kappa shape index (κ2) is 7.33. The zero-order valence-electron chi connectivity index (χ0n) is 15.2. The predicted molar refractivity (Wildman–Crippen MR) is 95.7 cm³/mol. The number of terminal acetylenes is 1. The minimum Gasteiger partial charge on any atom is -0.405 e. The molecule has 23 heavy (non-hydrogen) atoms. The number of methoxy groups -OCH3 is 1. The van der Waals surface area contributed by atoms with E-state index in [4.69, 9.17) is 25.1 Å². The Morgan fingerprint density at radius 1 is 1.35 bits per heavy atom. The summed E-state index contributed by atoms with van der Waals surface area (Å²) in [5.74, 6) is 2.75. The molecule has 0 aliphatic carbocycles. The van der Waals surface area contributed by atoms with E-state index in [1.165, 1.54) is 0 Å². The molecule has 1 saturated heterocycles. The maximum absolute atomic E-state index is 6.54. The maximum Gasteiger partial charge on any atom is 0.192 e. The van der Waals surface area contributed by atoms with Gasteiger partial charge in [-0.2, -0.15) is 0 Å². The van der Waals surface area contributed by atoms with E-state index in [0.717, 1.165) is 0 Å². The summed E-state index contributed by atoms with van der Waals surface area (Å²) in [6, 6.07) is 0. The predicted octanol–water partition coefficient (Wildman–Crippen LogP) is 3.51. The molecule has 0 spiro atoms. The van der Waals surface area contributed by atoms with Gasteiger partial charge in [0.2, 0.25) is 0 Å². The van der Waals surface area contributed by atoms with Gasteiger partial charge in [0.1, 0.15) is 12.2 Å². The molecule has 0 bridgehead atoms. The Morgan fingerprint density at radius 3 is 2.35 bits per heavy atom. The molecule has 5 heteroatoms. The molecule has 0 amide bonds. The summed E-state index contributed by atoms with van der Waals surface area (Å²) in [6.45, 7) is 18.6. The van der Waals surface area contributed by atoms with Crippen molar-refractivity contribution >= 4 is 8.32 Å². The van der Waals surface area contributed by atoms with Crippen molar-refractivity contribution in [2.75, 3.05) is 13.7 Å². The summed E-state index contributed by atoms with van der Waals surface area (Å²) in [4.78, 5) is 0. The van der Waals surface area contributed by atoms with Crippen LogP contribution in [0.25, 0.3) is 0 Å². The first-order valence-electron chi connectivity index (χ1n) is 7.81. The van der Waals surface area contributed by atoms with Gasteiger partial charge in [0.05, 0.1) is 6.61 Å². The summed E-state index contributed by atoms with van der Waals surface area (Å²) in [5, 5.41) is 0.0241. The molecule has 0 aromatic heterocycles. The molecule has 1 aliphatic rings. The van der Waals surface area contributed by atoms with E-state index in [1.807, 2.05) is 0 Å². The second-order valence-corrected chi connectivity index (χ2v) is 12.0. The van der Waals surface area contributed by atoms with Crippen molar-refractivity contribution in [3.8, 4) is 12.3 Å². The van der Waals surface area contributed by atoms with Gasteiger partial charge in [0, 0.05) is 7.11 Å². The molecule has 0 saturated carbocycles. The third kappa shape index (κ3) is 3.78. The lowest BCUT2D eigenvalue weighted by Crippen LogP contribution is -2.56. The molecule has 0 unspecified atom stereocenters. The molecular weight excluding hydrogens is 308 g/mol. The standard InChI is InChI=1S/C18H30O4Si/c1-10-13-20-18(12-3)14(11-2)21-16(19-7)15(18)22-23(8,9)17(4,5)6/h3,10-11,14-16H,1-2,13H2,4-9H3/t14-,15+,16+,18-/m1/s1.